The van der Waals surface area contributed by atoms with Crippen molar-refractivity contribution in [2.45, 2.75) is 31.6 Å². The van der Waals surface area contributed by atoms with E-state index in [1.807, 2.05) is 6.92 Å². The van der Waals surface area contributed by atoms with Gasteiger partial charge in [-0.2, -0.15) is 4.99 Å². The molecule has 8 heteroatoms. The van der Waals surface area contributed by atoms with Gasteiger partial charge in [-0.15, -0.1) is 0 Å². The highest BCUT2D eigenvalue weighted by molar-refractivity contribution is 8.16. The molecule has 2 heterocycles. The Labute approximate surface area is 145 Å². The lowest BCUT2D eigenvalue weighted by Crippen LogP contribution is -2.38. The van der Waals surface area contributed by atoms with Crippen LogP contribution in [-0.4, -0.2) is 42.3 Å². The molecular weight excluding hydrogens is 351 g/mol. The van der Waals surface area contributed by atoms with Gasteiger partial charge in [0.1, 0.15) is 5.82 Å². The van der Waals surface area contributed by atoms with Crippen molar-refractivity contribution in [1.29, 1.82) is 0 Å². The highest BCUT2D eigenvalue weighted by atomic mass is 32.2. The van der Waals surface area contributed by atoms with Crippen LogP contribution < -0.4 is 4.90 Å². The van der Waals surface area contributed by atoms with Crippen LogP contribution in [0.5, 0.6) is 0 Å². The Morgan fingerprint density at radius 1 is 1.42 bits per heavy atom. The minimum atomic E-state index is -3.16. The van der Waals surface area contributed by atoms with Gasteiger partial charge in [-0.05, 0) is 18.6 Å². The van der Waals surface area contributed by atoms with Crippen molar-refractivity contribution in [3.63, 3.8) is 0 Å². The summed E-state index contributed by atoms with van der Waals surface area (Å²) in [5, 5.41) is 0.174. The van der Waals surface area contributed by atoms with Gasteiger partial charge in [0.25, 0.3) is 5.91 Å². The predicted molar refractivity (Wildman–Crippen MR) is 94.6 cm³/mol. The number of hydrogen-bond acceptors (Lipinski definition) is 4. The number of fused-ring (bicyclic) bond motifs is 1. The van der Waals surface area contributed by atoms with Crippen LogP contribution in [0.4, 0.5) is 10.1 Å². The standard InChI is InChI=1S/C16H19FN2O3S2/c1-3-10(2)15(20)18-16-19(12-7-5-4-6-11(12)17)13-8-24(21,22)9-14(13)23-16/h4-7,10,13-14H,3,8-9H2,1-2H3/t10-,13+,14-/m0/s1. The van der Waals surface area contributed by atoms with E-state index >= 15 is 0 Å². The molecule has 2 aliphatic heterocycles. The maximum atomic E-state index is 14.3. The highest BCUT2D eigenvalue weighted by Gasteiger charge is 2.50. The fraction of sp³-hybridized carbons (Fsp3) is 0.500. The zero-order chi connectivity index (χ0) is 17.5. The minimum absolute atomic E-state index is 0.0316. The third kappa shape index (κ3) is 3.21. The molecule has 24 heavy (non-hydrogen) atoms. The number of amidine groups is 1. The number of benzene rings is 1. The molecule has 0 spiro atoms. The predicted octanol–water partition coefficient (Wildman–Crippen LogP) is 2.47. The summed E-state index contributed by atoms with van der Waals surface area (Å²) in [6.45, 7) is 3.70. The third-order valence-corrected chi connectivity index (χ3v) is 7.63. The van der Waals surface area contributed by atoms with Gasteiger partial charge in [-0.1, -0.05) is 37.7 Å². The molecule has 0 N–H and O–H groups in total. The normalized spacial score (nSPS) is 28.1. The van der Waals surface area contributed by atoms with Crippen LogP contribution in [0.15, 0.2) is 29.3 Å². The number of aliphatic imine (C=N–C) groups is 1. The van der Waals surface area contributed by atoms with E-state index in [9.17, 15) is 17.6 Å². The smallest absolute Gasteiger partial charge is 0.250 e. The highest BCUT2D eigenvalue weighted by Crippen LogP contribution is 2.41. The van der Waals surface area contributed by atoms with Gasteiger partial charge in [0, 0.05) is 11.2 Å². The lowest BCUT2D eigenvalue weighted by molar-refractivity contribution is -0.121. The number of sulfone groups is 1. The number of carbonyl (C=O) groups is 1. The lowest BCUT2D eigenvalue weighted by atomic mass is 10.1. The molecule has 3 atom stereocenters. The molecule has 0 aromatic heterocycles. The second-order valence-corrected chi connectivity index (χ2v) is 9.52. The van der Waals surface area contributed by atoms with Crippen LogP contribution in [0.25, 0.3) is 0 Å². The van der Waals surface area contributed by atoms with Crippen LogP contribution in [0.2, 0.25) is 0 Å². The average Bonchev–Trinajstić information content (AvgIpc) is 2.98. The Balaban J connectivity index is 2.02. The number of nitrogens with zero attached hydrogens (tertiary/aromatic N) is 2. The molecule has 1 amide bonds. The Bertz CT molecular complexity index is 794. The van der Waals surface area contributed by atoms with E-state index in [4.69, 9.17) is 0 Å². The van der Waals surface area contributed by atoms with Crippen LogP contribution in [0, 0.1) is 11.7 Å². The van der Waals surface area contributed by atoms with Crippen LogP contribution in [0.1, 0.15) is 20.3 Å². The van der Waals surface area contributed by atoms with Gasteiger partial charge in [-0.25, -0.2) is 12.8 Å². The van der Waals surface area contributed by atoms with Crippen molar-refractivity contribution < 1.29 is 17.6 Å². The van der Waals surface area contributed by atoms with Crippen molar-refractivity contribution >= 4 is 38.4 Å². The summed E-state index contributed by atoms with van der Waals surface area (Å²) in [5.74, 6) is -0.944. The fourth-order valence-electron chi connectivity index (χ4n) is 2.87. The summed E-state index contributed by atoms with van der Waals surface area (Å²) in [6, 6.07) is 5.79. The molecule has 130 valence electrons. The maximum Gasteiger partial charge on any atom is 0.250 e. The Morgan fingerprint density at radius 3 is 2.79 bits per heavy atom. The van der Waals surface area contributed by atoms with Gasteiger partial charge in [-0.3, -0.25) is 4.79 Å². The maximum absolute atomic E-state index is 14.3. The molecule has 0 radical (unpaired) electrons. The van der Waals surface area contributed by atoms with Crippen LogP contribution in [-0.2, 0) is 14.6 Å². The van der Waals surface area contributed by atoms with Crippen LogP contribution in [0.3, 0.4) is 0 Å². The number of hydrogen-bond donors (Lipinski definition) is 0. The molecule has 2 fully saturated rings. The van der Waals surface area contributed by atoms with E-state index in [2.05, 4.69) is 4.99 Å². The number of amides is 1. The van der Waals surface area contributed by atoms with Gasteiger partial charge >= 0.3 is 0 Å². The zero-order valence-electron chi connectivity index (χ0n) is 13.5. The molecule has 0 bridgehead atoms. The molecule has 0 saturated carbocycles. The minimum Gasteiger partial charge on any atom is -0.313 e. The van der Waals surface area contributed by atoms with Crippen molar-refractivity contribution in [2.75, 3.05) is 16.4 Å². The second kappa shape index (κ2) is 6.48. The summed E-state index contributed by atoms with van der Waals surface area (Å²) < 4.78 is 38.2. The average molecular weight is 370 g/mol. The van der Waals surface area contributed by atoms with Crippen molar-refractivity contribution in [3.8, 4) is 0 Å². The quantitative estimate of drug-likeness (QED) is 0.818. The molecule has 3 rings (SSSR count). The largest absolute Gasteiger partial charge is 0.313 e. The summed E-state index contributed by atoms with van der Waals surface area (Å²) in [6.07, 6.45) is 0.668. The number of thioether (sulfide) groups is 1. The first-order chi connectivity index (χ1) is 11.3. The van der Waals surface area contributed by atoms with Gasteiger partial charge in [0.2, 0.25) is 0 Å². The fourth-order valence-corrected chi connectivity index (χ4v) is 6.78. The van der Waals surface area contributed by atoms with Crippen molar-refractivity contribution in [1.82, 2.24) is 0 Å². The van der Waals surface area contributed by atoms with E-state index < -0.39 is 15.7 Å². The molecule has 0 unspecified atom stereocenters. The Morgan fingerprint density at radius 2 is 2.12 bits per heavy atom. The molecule has 1 aromatic rings. The van der Waals surface area contributed by atoms with Crippen molar-refractivity contribution in [3.05, 3.63) is 30.1 Å². The van der Waals surface area contributed by atoms with Crippen LogP contribution >= 0.6 is 11.8 Å². The zero-order valence-corrected chi connectivity index (χ0v) is 15.1. The summed E-state index contributed by atoms with van der Waals surface area (Å²) in [5.41, 5.74) is 0.269. The first-order valence-electron chi connectivity index (χ1n) is 7.85. The third-order valence-electron chi connectivity index (χ3n) is 4.42. The molecule has 1 aromatic carbocycles. The van der Waals surface area contributed by atoms with E-state index in [0.717, 1.165) is 0 Å². The molecule has 2 saturated heterocycles. The SMILES string of the molecule is CC[C@H](C)C(=O)N=C1S[C@H]2CS(=O)(=O)C[C@H]2N1c1ccccc1F. The summed E-state index contributed by atoms with van der Waals surface area (Å²) in [4.78, 5) is 18.0. The Hall–Kier alpha value is -1.41. The molecular formula is C16H19FN2O3S2. The molecule has 2 aliphatic rings. The van der Waals surface area contributed by atoms with Gasteiger partial charge in [0.15, 0.2) is 15.0 Å². The van der Waals surface area contributed by atoms with E-state index in [0.29, 0.717) is 11.6 Å². The Kier molecular flexibility index (Phi) is 4.70. The van der Waals surface area contributed by atoms with E-state index in [1.54, 1.807) is 30.0 Å². The van der Waals surface area contributed by atoms with Gasteiger partial charge in [0.05, 0.1) is 23.2 Å². The lowest BCUT2D eigenvalue weighted by Gasteiger charge is -2.25. The first kappa shape index (κ1) is 17.4. The second-order valence-electron chi connectivity index (χ2n) is 6.16. The number of carbonyl (C=O) groups excluding carboxylic acids is 1. The number of halogens is 1. The first-order valence-corrected chi connectivity index (χ1v) is 10.6. The number of para-hydroxylation sites is 1. The summed E-state index contributed by atoms with van der Waals surface area (Å²) >= 11 is 1.26. The van der Waals surface area contributed by atoms with E-state index in [1.165, 1.54) is 17.8 Å². The monoisotopic (exact) mass is 370 g/mol. The molecule has 5 nitrogen and oxygen atoms in total. The van der Waals surface area contributed by atoms with E-state index in [-0.39, 0.29) is 40.3 Å². The molecule has 0 aliphatic carbocycles. The van der Waals surface area contributed by atoms with Gasteiger partial charge < -0.3 is 4.90 Å². The summed E-state index contributed by atoms with van der Waals surface area (Å²) in [7, 11) is -3.16. The van der Waals surface area contributed by atoms with Crippen molar-refractivity contribution in [2.24, 2.45) is 10.9 Å². The topological polar surface area (TPSA) is 66.8 Å². The number of rotatable bonds is 3. The number of anilines is 1.